The van der Waals surface area contributed by atoms with Gasteiger partial charge < -0.3 is 14.4 Å². The van der Waals surface area contributed by atoms with Crippen LogP contribution in [0.1, 0.15) is 45.6 Å². The largest absolute Gasteiger partial charge is 0.493 e. The van der Waals surface area contributed by atoms with Gasteiger partial charge in [0, 0.05) is 18.2 Å². The standard InChI is InChI=1S/C19H26ClNO3/c1-5-24-19-16(20)11-15(12-17(19)23-4)9-10-18(22)21-13(2)7-6-8-14(21)3/h9-14H,5-8H2,1-4H3/b10-9+. The third-order valence-corrected chi connectivity index (χ3v) is 4.69. The highest BCUT2D eigenvalue weighted by molar-refractivity contribution is 6.32. The Kier molecular flexibility index (Phi) is 6.55. The number of ether oxygens (including phenoxy) is 2. The number of carbonyl (C=O) groups is 1. The zero-order valence-electron chi connectivity index (χ0n) is 14.8. The Hall–Kier alpha value is -1.68. The van der Waals surface area contributed by atoms with Gasteiger partial charge in [-0.05, 0) is 63.8 Å². The van der Waals surface area contributed by atoms with Crippen molar-refractivity contribution in [2.75, 3.05) is 13.7 Å². The smallest absolute Gasteiger partial charge is 0.247 e. The number of likely N-dealkylation sites (tertiary alicyclic amines) is 1. The summed E-state index contributed by atoms with van der Waals surface area (Å²) in [5.41, 5.74) is 0.811. The summed E-state index contributed by atoms with van der Waals surface area (Å²) in [6.45, 7) is 6.62. The molecule has 1 amide bonds. The molecular formula is C19H26ClNO3. The second-order valence-corrected chi connectivity index (χ2v) is 6.58. The van der Waals surface area contributed by atoms with Crippen molar-refractivity contribution in [3.63, 3.8) is 0 Å². The van der Waals surface area contributed by atoms with Crippen LogP contribution in [0.4, 0.5) is 0 Å². The van der Waals surface area contributed by atoms with Gasteiger partial charge in [0.25, 0.3) is 0 Å². The lowest BCUT2D eigenvalue weighted by Crippen LogP contribution is -2.46. The van der Waals surface area contributed by atoms with E-state index >= 15 is 0 Å². The number of carbonyl (C=O) groups excluding carboxylic acids is 1. The van der Waals surface area contributed by atoms with Gasteiger partial charge in [-0.1, -0.05) is 11.6 Å². The summed E-state index contributed by atoms with van der Waals surface area (Å²) in [5.74, 6) is 1.14. The summed E-state index contributed by atoms with van der Waals surface area (Å²) in [6.07, 6.45) is 6.70. The first-order chi connectivity index (χ1) is 11.5. The van der Waals surface area contributed by atoms with Crippen LogP contribution in [0.2, 0.25) is 5.02 Å². The maximum Gasteiger partial charge on any atom is 0.247 e. The highest BCUT2D eigenvalue weighted by atomic mass is 35.5. The van der Waals surface area contributed by atoms with Gasteiger partial charge in [0.05, 0.1) is 18.7 Å². The van der Waals surface area contributed by atoms with Crippen LogP contribution in [-0.2, 0) is 4.79 Å². The number of halogens is 1. The minimum atomic E-state index is 0.0404. The molecule has 1 aliphatic rings. The Morgan fingerprint density at radius 1 is 1.33 bits per heavy atom. The number of hydrogen-bond acceptors (Lipinski definition) is 3. The molecule has 0 N–H and O–H groups in total. The molecule has 132 valence electrons. The molecule has 0 aromatic heterocycles. The molecule has 1 aliphatic heterocycles. The molecule has 0 bridgehead atoms. The van der Waals surface area contributed by atoms with E-state index in [2.05, 4.69) is 13.8 Å². The molecule has 2 atom stereocenters. The molecule has 2 unspecified atom stereocenters. The predicted octanol–water partition coefficient (Wildman–Crippen LogP) is 4.55. The van der Waals surface area contributed by atoms with E-state index in [-0.39, 0.29) is 18.0 Å². The topological polar surface area (TPSA) is 38.8 Å². The van der Waals surface area contributed by atoms with Crippen LogP contribution < -0.4 is 9.47 Å². The second kappa shape index (κ2) is 8.43. The molecule has 2 rings (SSSR count). The quantitative estimate of drug-likeness (QED) is 0.730. The first-order valence-corrected chi connectivity index (χ1v) is 8.86. The lowest BCUT2D eigenvalue weighted by molar-refractivity contribution is -0.131. The highest BCUT2D eigenvalue weighted by Crippen LogP contribution is 2.36. The van der Waals surface area contributed by atoms with E-state index in [1.807, 2.05) is 17.9 Å². The number of piperidine rings is 1. The van der Waals surface area contributed by atoms with Crippen molar-refractivity contribution >= 4 is 23.6 Å². The molecule has 0 aliphatic carbocycles. The summed E-state index contributed by atoms with van der Waals surface area (Å²) in [6, 6.07) is 4.17. The SMILES string of the molecule is CCOc1c(Cl)cc(/C=C/C(=O)N2C(C)CCCC2C)cc1OC. The fraction of sp³-hybridized carbons (Fsp3) is 0.526. The van der Waals surface area contributed by atoms with Crippen LogP contribution in [0.5, 0.6) is 11.5 Å². The van der Waals surface area contributed by atoms with Gasteiger partial charge in [0.2, 0.25) is 5.91 Å². The summed E-state index contributed by atoms with van der Waals surface area (Å²) in [5, 5.41) is 0.475. The van der Waals surface area contributed by atoms with E-state index < -0.39 is 0 Å². The molecule has 1 aromatic rings. The summed E-state index contributed by atoms with van der Waals surface area (Å²) >= 11 is 6.27. The van der Waals surface area contributed by atoms with Crippen molar-refractivity contribution in [3.8, 4) is 11.5 Å². The van der Waals surface area contributed by atoms with Crippen molar-refractivity contribution in [2.45, 2.75) is 52.1 Å². The van der Waals surface area contributed by atoms with Crippen molar-refractivity contribution in [2.24, 2.45) is 0 Å². The molecule has 4 nitrogen and oxygen atoms in total. The molecule has 1 aromatic carbocycles. The first kappa shape index (κ1) is 18.7. The molecular weight excluding hydrogens is 326 g/mol. The second-order valence-electron chi connectivity index (χ2n) is 6.17. The molecule has 1 heterocycles. The van der Waals surface area contributed by atoms with E-state index in [1.165, 1.54) is 6.42 Å². The van der Waals surface area contributed by atoms with Gasteiger partial charge in [-0.2, -0.15) is 0 Å². The average molecular weight is 352 g/mol. The number of benzene rings is 1. The number of amides is 1. The van der Waals surface area contributed by atoms with Crippen LogP contribution in [0.3, 0.4) is 0 Å². The Bertz CT molecular complexity index is 605. The molecule has 1 saturated heterocycles. The van der Waals surface area contributed by atoms with Crippen LogP contribution in [-0.4, -0.2) is 36.6 Å². The number of hydrogen-bond donors (Lipinski definition) is 0. The van der Waals surface area contributed by atoms with E-state index in [4.69, 9.17) is 21.1 Å². The number of rotatable bonds is 5. The van der Waals surface area contributed by atoms with Gasteiger partial charge in [-0.3, -0.25) is 4.79 Å². The highest BCUT2D eigenvalue weighted by Gasteiger charge is 2.27. The van der Waals surface area contributed by atoms with Crippen molar-refractivity contribution in [1.29, 1.82) is 0 Å². The van der Waals surface area contributed by atoms with E-state index in [0.29, 0.717) is 23.1 Å². The lowest BCUT2D eigenvalue weighted by Gasteiger charge is -2.38. The number of nitrogens with zero attached hydrogens (tertiary/aromatic N) is 1. The monoisotopic (exact) mass is 351 g/mol. The van der Waals surface area contributed by atoms with Crippen LogP contribution >= 0.6 is 11.6 Å². The predicted molar refractivity (Wildman–Crippen MR) is 97.8 cm³/mol. The van der Waals surface area contributed by atoms with Gasteiger partial charge in [-0.15, -0.1) is 0 Å². The van der Waals surface area contributed by atoms with E-state index in [9.17, 15) is 4.79 Å². The van der Waals surface area contributed by atoms with E-state index in [0.717, 1.165) is 18.4 Å². The number of methoxy groups -OCH3 is 1. The summed E-state index contributed by atoms with van der Waals surface area (Å²) in [4.78, 5) is 14.5. The minimum Gasteiger partial charge on any atom is -0.493 e. The lowest BCUT2D eigenvalue weighted by atomic mass is 9.97. The summed E-state index contributed by atoms with van der Waals surface area (Å²) in [7, 11) is 1.57. The minimum absolute atomic E-state index is 0.0404. The third-order valence-electron chi connectivity index (χ3n) is 4.41. The van der Waals surface area contributed by atoms with Gasteiger partial charge in [0.15, 0.2) is 11.5 Å². The Balaban J connectivity index is 2.19. The Labute approximate surface area is 149 Å². The van der Waals surface area contributed by atoms with Crippen LogP contribution in [0.15, 0.2) is 18.2 Å². The maximum atomic E-state index is 12.6. The molecule has 0 saturated carbocycles. The van der Waals surface area contributed by atoms with E-state index in [1.54, 1.807) is 25.3 Å². The van der Waals surface area contributed by atoms with Crippen molar-refractivity contribution in [3.05, 3.63) is 28.8 Å². The normalized spacial score (nSPS) is 21.1. The third kappa shape index (κ3) is 4.23. The molecule has 5 heteroatoms. The van der Waals surface area contributed by atoms with Crippen molar-refractivity contribution < 1.29 is 14.3 Å². The Morgan fingerprint density at radius 3 is 2.58 bits per heavy atom. The van der Waals surface area contributed by atoms with Gasteiger partial charge in [0.1, 0.15) is 0 Å². The molecule has 1 fully saturated rings. The zero-order valence-corrected chi connectivity index (χ0v) is 15.6. The molecule has 0 spiro atoms. The summed E-state index contributed by atoms with van der Waals surface area (Å²) < 4.78 is 10.8. The van der Waals surface area contributed by atoms with Gasteiger partial charge in [-0.25, -0.2) is 0 Å². The van der Waals surface area contributed by atoms with Crippen LogP contribution in [0, 0.1) is 0 Å². The molecule has 24 heavy (non-hydrogen) atoms. The fourth-order valence-corrected chi connectivity index (χ4v) is 3.50. The van der Waals surface area contributed by atoms with Crippen molar-refractivity contribution in [1.82, 2.24) is 4.90 Å². The maximum absolute atomic E-state index is 12.6. The average Bonchev–Trinajstić information content (AvgIpc) is 2.54. The molecule has 0 radical (unpaired) electrons. The fourth-order valence-electron chi connectivity index (χ4n) is 3.23. The zero-order chi connectivity index (χ0) is 17.7. The van der Waals surface area contributed by atoms with Gasteiger partial charge >= 0.3 is 0 Å². The van der Waals surface area contributed by atoms with Crippen LogP contribution in [0.25, 0.3) is 6.08 Å². The Morgan fingerprint density at radius 2 is 2.00 bits per heavy atom. The first-order valence-electron chi connectivity index (χ1n) is 8.48.